The van der Waals surface area contributed by atoms with E-state index in [-0.39, 0.29) is 11.5 Å². The number of anilines is 1. The molecule has 2 aromatic rings. The molecule has 0 saturated carbocycles. The van der Waals surface area contributed by atoms with Crippen molar-refractivity contribution < 1.29 is 19.1 Å². The fourth-order valence-electron chi connectivity index (χ4n) is 2.90. The zero-order valence-electron chi connectivity index (χ0n) is 14.7. The first-order valence-electron chi connectivity index (χ1n) is 8.44. The van der Waals surface area contributed by atoms with E-state index >= 15 is 0 Å². The molecule has 134 valence electrons. The molecule has 0 bridgehead atoms. The second-order valence-corrected chi connectivity index (χ2v) is 6.26. The van der Waals surface area contributed by atoms with Crippen LogP contribution >= 0.6 is 0 Å². The molecular weight excluding hydrogens is 332 g/mol. The average molecular weight is 352 g/mol. The standard InChI is InChI=1S/C20H20N2O4/c1-12-5-3-6-13(2)18(12)26-10-4-7-17(23)21-14-8-9-15-16(11-14)20(25)22-19(15)24/h3,5-6,8-9,11H,4,7,10H2,1-2H3,(H,21,23)(H,22,24,25). The summed E-state index contributed by atoms with van der Waals surface area (Å²) in [4.78, 5) is 35.2. The number of carbonyl (C=O) groups is 3. The number of hydrogen-bond acceptors (Lipinski definition) is 4. The van der Waals surface area contributed by atoms with Crippen LogP contribution in [0.15, 0.2) is 36.4 Å². The molecule has 0 saturated heterocycles. The minimum Gasteiger partial charge on any atom is -0.493 e. The number of amides is 3. The van der Waals surface area contributed by atoms with Gasteiger partial charge in [0.1, 0.15) is 5.75 Å². The first-order valence-corrected chi connectivity index (χ1v) is 8.44. The topological polar surface area (TPSA) is 84.5 Å². The van der Waals surface area contributed by atoms with Crippen molar-refractivity contribution in [2.75, 3.05) is 11.9 Å². The third-order valence-corrected chi connectivity index (χ3v) is 4.22. The van der Waals surface area contributed by atoms with E-state index in [0.717, 1.165) is 16.9 Å². The second-order valence-electron chi connectivity index (χ2n) is 6.26. The van der Waals surface area contributed by atoms with Gasteiger partial charge in [-0.3, -0.25) is 19.7 Å². The van der Waals surface area contributed by atoms with Crippen LogP contribution in [0.3, 0.4) is 0 Å². The Morgan fingerprint density at radius 3 is 2.46 bits per heavy atom. The van der Waals surface area contributed by atoms with Gasteiger partial charge in [0.15, 0.2) is 0 Å². The Balaban J connectivity index is 1.50. The minimum atomic E-state index is -0.442. The normalized spacial score (nSPS) is 12.5. The Morgan fingerprint density at radius 1 is 1.04 bits per heavy atom. The summed E-state index contributed by atoms with van der Waals surface area (Å²) in [6.45, 7) is 4.42. The fraction of sp³-hybridized carbons (Fsp3) is 0.250. The zero-order valence-corrected chi connectivity index (χ0v) is 14.7. The van der Waals surface area contributed by atoms with E-state index in [4.69, 9.17) is 4.74 Å². The summed E-state index contributed by atoms with van der Waals surface area (Å²) >= 11 is 0. The molecule has 0 radical (unpaired) electrons. The second kappa shape index (κ2) is 7.39. The van der Waals surface area contributed by atoms with Gasteiger partial charge in [-0.25, -0.2) is 0 Å². The highest BCUT2D eigenvalue weighted by atomic mass is 16.5. The molecule has 3 amide bonds. The number of aryl methyl sites for hydroxylation is 2. The molecule has 6 heteroatoms. The zero-order chi connectivity index (χ0) is 18.7. The molecule has 0 unspecified atom stereocenters. The van der Waals surface area contributed by atoms with Crippen LogP contribution in [0.2, 0.25) is 0 Å². The van der Waals surface area contributed by atoms with Crippen molar-refractivity contribution in [3.63, 3.8) is 0 Å². The Kier molecular flexibility index (Phi) is 5.02. The lowest BCUT2D eigenvalue weighted by Gasteiger charge is -2.12. The third-order valence-electron chi connectivity index (χ3n) is 4.22. The molecule has 1 aliphatic heterocycles. The van der Waals surface area contributed by atoms with Crippen LogP contribution in [-0.4, -0.2) is 24.3 Å². The first kappa shape index (κ1) is 17.7. The van der Waals surface area contributed by atoms with Gasteiger partial charge in [-0.2, -0.15) is 0 Å². The molecule has 3 rings (SSSR count). The van der Waals surface area contributed by atoms with Crippen molar-refractivity contribution in [2.24, 2.45) is 0 Å². The van der Waals surface area contributed by atoms with Gasteiger partial charge in [-0.15, -0.1) is 0 Å². The van der Waals surface area contributed by atoms with Crippen molar-refractivity contribution >= 4 is 23.4 Å². The van der Waals surface area contributed by atoms with Crippen molar-refractivity contribution in [3.05, 3.63) is 58.7 Å². The predicted octanol–water partition coefficient (Wildman–Crippen LogP) is 2.98. The largest absolute Gasteiger partial charge is 0.493 e. The summed E-state index contributed by atoms with van der Waals surface area (Å²) in [6, 6.07) is 10.6. The molecule has 26 heavy (non-hydrogen) atoms. The molecular formula is C20H20N2O4. The van der Waals surface area contributed by atoms with E-state index in [1.807, 2.05) is 32.0 Å². The van der Waals surface area contributed by atoms with Gasteiger partial charge in [0, 0.05) is 12.1 Å². The lowest BCUT2D eigenvalue weighted by atomic mass is 10.1. The quantitative estimate of drug-likeness (QED) is 0.618. The number of carbonyl (C=O) groups excluding carboxylic acids is 3. The number of para-hydroxylation sites is 1. The van der Waals surface area contributed by atoms with Crippen LogP contribution in [0.4, 0.5) is 5.69 Å². The Bertz CT molecular complexity index is 869. The number of benzene rings is 2. The molecule has 0 aliphatic carbocycles. The average Bonchev–Trinajstić information content (AvgIpc) is 2.87. The highest BCUT2D eigenvalue weighted by molar-refractivity contribution is 6.22. The maximum absolute atomic E-state index is 12.1. The highest BCUT2D eigenvalue weighted by Gasteiger charge is 2.26. The first-order chi connectivity index (χ1) is 12.5. The van der Waals surface area contributed by atoms with Gasteiger partial charge in [-0.1, -0.05) is 18.2 Å². The predicted molar refractivity (Wildman–Crippen MR) is 97.5 cm³/mol. The van der Waals surface area contributed by atoms with Crippen LogP contribution in [0.1, 0.15) is 44.7 Å². The molecule has 0 atom stereocenters. The molecule has 0 fully saturated rings. The summed E-state index contributed by atoms with van der Waals surface area (Å²) in [5, 5.41) is 4.96. The number of fused-ring (bicyclic) bond motifs is 1. The van der Waals surface area contributed by atoms with Crippen molar-refractivity contribution in [1.29, 1.82) is 0 Å². The lowest BCUT2D eigenvalue weighted by Crippen LogP contribution is -2.19. The van der Waals surface area contributed by atoms with Crippen molar-refractivity contribution in [2.45, 2.75) is 26.7 Å². The van der Waals surface area contributed by atoms with Gasteiger partial charge in [0.05, 0.1) is 17.7 Å². The summed E-state index contributed by atoms with van der Waals surface area (Å²) in [6.07, 6.45) is 0.872. The van der Waals surface area contributed by atoms with Gasteiger partial charge >= 0.3 is 0 Å². The minimum absolute atomic E-state index is 0.167. The van der Waals surface area contributed by atoms with Gasteiger partial charge in [0.2, 0.25) is 5.91 Å². The van der Waals surface area contributed by atoms with E-state index in [0.29, 0.717) is 30.7 Å². The molecule has 0 spiro atoms. The number of hydrogen-bond donors (Lipinski definition) is 2. The van der Waals surface area contributed by atoms with E-state index in [2.05, 4.69) is 10.6 Å². The third kappa shape index (κ3) is 3.74. The molecule has 6 nitrogen and oxygen atoms in total. The molecule has 0 aromatic heterocycles. The summed E-state index contributed by atoms with van der Waals surface area (Å²) in [5.41, 5.74) is 3.25. The number of ether oxygens (including phenoxy) is 1. The summed E-state index contributed by atoms with van der Waals surface area (Å²) < 4.78 is 5.78. The van der Waals surface area contributed by atoms with Crippen molar-refractivity contribution in [1.82, 2.24) is 5.32 Å². The molecule has 1 aliphatic rings. The number of nitrogens with one attached hydrogen (secondary N) is 2. The highest BCUT2D eigenvalue weighted by Crippen LogP contribution is 2.23. The van der Waals surface area contributed by atoms with Gasteiger partial charge < -0.3 is 10.1 Å². The number of rotatable bonds is 6. The van der Waals surface area contributed by atoms with Gasteiger partial charge in [0.25, 0.3) is 11.8 Å². The van der Waals surface area contributed by atoms with Crippen molar-refractivity contribution in [3.8, 4) is 5.75 Å². The van der Waals surface area contributed by atoms with E-state index in [1.54, 1.807) is 6.07 Å². The van der Waals surface area contributed by atoms with Crippen LogP contribution in [0.5, 0.6) is 5.75 Å². The van der Waals surface area contributed by atoms with Crippen LogP contribution in [-0.2, 0) is 4.79 Å². The Hall–Kier alpha value is -3.15. The van der Waals surface area contributed by atoms with E-state index in [1.165, 1.54) is 12.1 Å². The fourth-order valence-corrected chi connectivity index (χ4v) is 2.90. The number of imide groups is 1. The monoisotopic (exact) mass is 352 g/mol. The summed E-state index contributed by atoms with van der Waals surface area (Å²) in [5.74, 6) is -0.156. The Morgan fingerprint density at radius 2 is 1.73 bits per heavy atom. The lowest BCUT2D eigenvalue weighted by molar-refractivity contribution is -0.116. The Labute approximate surface area is 151 Å². The molecule has 2 aromatic carbocycles. The maximum atomic E-state index is 12.1. The molecule has 2 N–H and O–H groups in total. The van der Waals surface area contributed by atoms with Crippen LogP contribution in [0.25, 0.3) is 0 Å². The SMILES string of the molecule is Cc1cccc(C)c1OCCCC(=O)Nc1ccc2c(c1)C(=O)NC2=O. The summed E-state index contributed by atoms with van der Waals surface area (Å²) in [7, 11) is 0. The smallest absolute Gasteiger partial charge is 0.259 e. The van der Waals surface area contributed by atoms with E-state index in [9.17, 15) is 14.4 Å². The van der Waals surface area contributed by atoms with Crippen LogP contribution < -0.4 is 15.4 Å². The van der Waals surface area contributed by atoms with E-state index < -0.39 is 11.8 Å². The van der Waals surface area contributed by atoms with Gasteiger partial charge in [-0.05, 0) is 49.6 Å². The molecule has 1 heterocycles. The van der Waals surface area contributed by atoms with Crippen LogP contribution in [0, 0.1) is 13.8 Å². The maximum Gasteiger partial charge on any atom is 0.259 e.